The van der Waals surface area contributed by atoms with Crippen LogP contribution in [0.1, 0.15) is 159 Å². The predicted molar refractivity (Wildman–Crippen MR) is 422 cm³/mol. The number of benzene rings is 2. The van der Waals surface area contributed by atoms with Crippen molar-refractivity contribution in [1.82, 2.24) is 36.8 Å². The molecule has 0 bridgehead atoms. The highest BCUT2D eigenvalue weighted by molar-refractivity contribution is 14.1. The number of carbonyl (C=O) groups is 17. The first-order valence-electron chi connectivity index (χ1n) is 37.2. The lowest BCUT2D eigenvalue weighted by molar-refractivity contribution is -0.148. The predicted octanol–water partition coefficient (Wildman–Crippen LogP) is -0.405. The number of carbonyl (C=O) groups excluding carboxylic acids is 16. The fourth-order valence-electron chi connectivity index (χ4n) is 13.4. The number of Topliss-reactive ketones (excluding diaryl/α,β-unsaturated/α-hetero) is 7. The van der Waals surface area contributed by atoms with Crippen molar-refractivity contribution in [2.24, 2.45) is 74.9 Å². The second kappa shape index (κ2) is 48.7. The van der Waals surface area contributed by atoms with Crippen molar-refractivity contribution < 1.29 is 102 Å². The molecule has 13 atom stereocenters. The van der Waals surface area contributed by atoms with Crippen LogP contribution in [0.4, 0.5) is 4.79 Å². The molecule has 0 aromatic heterocycles. The van der Waals surface area contributed by atoms with Crippen LogP contribution in [0.2, 0.25) is 0 Å². The molecular weight excluding hydrogens is 1610 g/mol. The summed E-state index contributed by atoms with van der Waals surface area (Å²) in [5, 5.41) is 57.0. The van der Waals surface area contributed by atoms with Gasteiger partial charge in [0.2, 0.25) is 47.3 Å². The molecule has 2 saturated heterocycles. The second-order valence-corrected chi connectivity index (χ2v) is 30.3. The fourth-order valence-corrected chi connectivity index (χ4v) is 14.5. The minimum Gasteiger partial charge on any atom is -0.508 e. The minimum atomic E-state index is -1.88. The Morgan fingerprint density at radius 3 is 1.86 bits per heavy atom. The molecule has 2 aromatic rings. The number of phenolic OH excluding ortho intramolecular Hbond substituents is 2. The first kappa shape index (κ1) is 95.2. The van der Waals surface area contributed by atoms with E-state index >= 15 is 4.79 Å². The number of aliphatic hydroxyl groups excluding tert-OH is 1. The third-order valence-corrected chi connectivity index (χ3v) is 21.2. The lowest BCUT2D eigenvalue weighted by Gasteiger charge is -2.30. The Hall–Kier alpha value is -9.15. The standard InChI is InChI=1S/C74H107IN14O21S2/c1-39(90)66-62(99)34-47(35-65(102)103)72(109)89-25-7-12-55(89)61(98)32-43(8-5-23-82-73(79)80)69(106)87-54(38-112)60(97)29-42(9-6-24-83-74(81)110)68(105)86-52(28-41-15-21-56(93)50(75)27-41)58(95)30-45(17-22-63(77)100)70(107)85-51(57(94)33-46(67(78)104)26-40-13-18-49(92)19-14-40)11-4-2-3-10-48(91)20-16-44(71(108)88-66)31-59(96)53(37-111)84-64(101)36-76/h13-15,18-19,21,27,39,42-47,51-55,66,90,92-93,111-112H,2-12,16-17,20,22-26,28-38,76H2,1H3,(H2,77,100)(H2,78,104)(H,84,101)(H,85,107)(H,86,105)(H,87,106)(H,88,108)(H,102,103)(H4,79,80,82)(H3,81,83,110)/t39-,42-,43-,44-,45-,46-,47+,51+,52+,53+,54+,55+,66+/m1/s1. The third-order valence-electron chi connectivity index (χ3n) is 19.6. The number of nitrogens with one attached hydrogen (secondary N) is 6. The van der Waals surface area contributed by atoms with Gasteiger partial charge in [0.15, 0.2) is 40.7 Å². The molecule has 2 aliphatic rings. The molecule has 618 valence electrons. The maximum absolute atomic E-state index is 15.1. The summed E-state index contributed by atoms with van der Waals surface area (Å²) in [6.07, 6.45) is -8.83. The summed E-state index contributed by atoms with van der Waals surface area (Å²) in [5.41, 5.74) is 34.4. The number of nitrogens with zero attached hydrogens (tertiary/aromatic N) is 2. The number of rotatable bonds is 29. The van der Waals surface area contributed by atoms with Gasteiger partial charge in [-0.25, -0.2) is 4.79 Å². The molecule has 0 saturated carbocycles. The number of amides is 10. The van der Waals surface area contributed by atoms with Crippen molar-refractivity contribution >= 4 is 154 Å². The number of aromatic hydroxyl groups is 2. The van der Waals surface area contributed by atoms with Gasteiger partial charge in [-0.3, -0.25) is 81.7 Å². The van der Waals surface area contributed by atoms with Gasteiger partial charge in [0.25, 0.3) is 0 Å². The summed E-state index contributed by atoms with van der Waals surface area (Å²) >= 11 is 10.4. The average Bonchev–Trinajstić information content (AvgIpc) is 1.61. The fraction of sp³-hybridized carbons (Fsp3) is 0.595. The molecule has 112 heavy (non-hydrogen) atoms. The van der Waals surface area contributed by atoms with E-state index in [0.29, 0.717) is 14.7 Å². The normalized spacial score (nSPS) is 23.3. The zero-order valence-electron chi connectivity index (χ0n) is 62.6. The number of carboxylic acids is 1. The summed E-state index contributed by atoms with van der Waals surface area (Å²) < 4.78 is 0.330. The molecular formula is C74H107IN14O21S2. The van der Waals surface area contributed by atoms with Crippen molar-refractivity contribution in [2.45, 2.75) is 203 Å². The molecule has 22 N–H and O–H groups in total. The Morgan fingerprint density at radius 2 is 1.27 bits per heavy atom. The summed E-state index contributed by atoms with van der Waals surface area (Å²) in [6, 6.07) is 0.165. The van der Waals surface area contributed by atoms with Crippen molar-refractivity contribution in [3.8, 4) is 11.5 Å². The number of guanidine groups is 1. The van der Waals surface area contributed by atoms with Gasteiger partial charge in [0.1, 0.15) is 23.3 Å². The Balaban J connectivity index is 1.91. The summed E-state index contributed by atoms with van der Waals surface area (Å²) in [7, 11) is 0. The molecule has 4 rings (SSSR count). The van der Waals surface area contributed by atoms with E-state index in [1.807, 2.05) is 22.6 Å². The third kappa shape index (κ3) is 33.3. The average molecular weight is 1720 g/mol. The highest BCUT2D eigenvalue weighted by Crippen LogP contribution is 2.30. The van der Waals surface area contributed by atoms with Gasteiger partial charge in [0, 0.05) is 119 Å². The molecule has 0 aliphatic carbocycles. The van der Waals surface area contributed by atoms with Crippen LogP contribution in [0.25, 0.3) is 0 Å². The maximum atomic E-state index is 15.1. The van der Waals surface area contributed by atoms with E-state index < -0.39 is 248 Å². The van der Waals surface area contributed by atoms with Crippen LogP contribution >= 0.6 is 47.8 Å². The van der Waals surface area contributed by atoms with Crippen LogP contribution in [0, 0.1) is 39.1 Å². The highest BCUT2D eigenvalue weighted by atomic mass is 127. The summed E-state index contributed by atoms with van der Waals surface area (Å²) in [4.78, 5) is 242. The van der Waals surface area contributed by atoms with Crippen molar-refractivity contribution in [3.63, 3.8) is 0 Å². The number of phenols is 2. The first-order valence-corrected chi connectivity index (χ1v) is 39.5. The number of carboxylic acid groups (broad SMARTS) is 1. The molecule has 2 fully saturated rings. The van der Waals surface area contributed by atoms with Crippen LogP contribution in [-0.2, 0) is 89.6 Å². The number of thiol groups is 2. The van der Waals surface area contributed by atoms with Gasteiger partial charge >= 0.3 is 12.0 Å². The van der Waals surface area contributed by atoms with Crippen molar-refractivity contribution in [1.29, 1.82) is 0 Å². The monoisotopic (exact) mass is 1720 g/mol. The van der Waals surface area contributed by atoms with Crippen molar-refractivity contribution in [3.05, 3.63) is 57.2 Å². The van der Waals surface area contributed by atoms with Gasteiger partial charge in [-0.2, -0.15) is 25.3 Å². The number of aliphatic carboxylic acids is 1. The number of hydrogen-bond acceptors (Lipinski definition) is 24. The number of nitrogens with two attached hydrogens (primary N) is 6. The molecule has 0 spiro atoms. The number of fused-ring (bicyclic) bond motifs is 1. The van der Waals surface area contributed by atoms with E-state index in [4.69, 9.17) is 34.4 Å². The maximum Gasteiger partial charge on any atom is 0.312 e. The number of primary amides is 3. The molecule has 10 amide bonds. The number of hydrogen-bond donors (Lipinski definition) is 18. The lowest BCUT2D eigenvalue weighted by Crippen LogP contribution is -2.52. The van der Waals surface area contributed by atoms with Gasteiger partial charge in [-0.05, 0) is 142 Å². The summed E-state index contributed by atoms with van der Waals surface area (Å²) in [6.45, 7) is 0.308. The second-order valence-electron chi connectivity index (χ2n) is 28.4. The van der Waals surface area contributed by atoms with Gasteiger partial charge in [-0.15, -0.1) is 0 Å². The van der Waals surface area contributed by atoms with Crippen LogP contribution < -0.4 is 66.3 Å². The Bertz CT molecular complexity index is 3720. The Kier molecular flexibility index (Phi) is 41.4. The van der Waals surface area contributed by atoms with E-state index in [1.54, 1.807) is 0 Å². The number of ketones is 7. The molecule has 2 aromatic carbocycles. The van der Waals surface area contributed by atoms with Gasteiger partial charge in [0.05, 0.1) is 58.8 Å². The van der Waals surface area contributed by atoms with Crippen LogP contribution in [-0.4, -0.2) is 211 Å². The molecule has 38 heteroatoms. The zero-order valence-corrected chi connectivity index (χ0v) is 66.6. The Labute approximate surface area is 673 Å². The molecule has 35 nitrogen and oxygen atoms in total. The number of aliphatic imine (C=N–C) groups is 1. The Morgan fingerprint density at radius 1 is 0.670 bits per heavy atom. The smallest absolute Gasteiger partial charge is 0.312 e. The minimum absolute atomic E-state index is 0.00343. The van der Waals surface area contributed by atoms with E-state index in [2.05, 4.69) is 62.2 Å². The molecule has 0 unspecified atom stereocenters. The van der Waals surface area contributed by atoms with Crippen LogP contribution in [0.15, 0.2) is 47.5 Å². The van der Waals surface area contributed by atoms with Crippen LogP contribution in [0.3, 0.4) is 0 Å². The number of halogens is 1. The summed E-state index contributed by atoms with van der Waals surface area (Å²) in [5.74, 6) is -23.8. The largest absolute Gasteiger partial charge is 0.508 e. The van der Waals surface area contributed by atoms with Gasteiger partial charge < -0.3 is 91.6 Å². The first-order chi connectivity index (χ1) is 52.9. The SMILES string of the molecule is C[C@@H](O)[C@@H]1NC(=O)[C@@H](CC(=O)[C@H](CS)NC(=O)CN)CCC(=O)CCCCC[C@@H](C(=O)C[C@@H](Cc2ccc(O)cc2)C(N)=O)NC(=O)[C@H](CCC(N)=O)CC(=O)[C@H](Cc2ccc(O)c(I)c2)NC(=O)[C@H](CCCNC(N)=O)CC(=O)[C@H](CS)NC(=O)[C@H](CCCN=C(N)N)CC(=O)[C@@H]2CCCN2C(=O)[C@H](CC(=O)O)CC1=O. The molecule has 2 heterocycles. The topological polar surface area (TPSA) is 615 Å². The molecule has 0 radical (unpaired) electrons. The van der Waals surface area contributed by atoms with E-state index in [1.165, 1.54) is 42.5 Å². The number of urea groups is 1. The van der Waals surface area contributed by atoms with Crippen molar-refractivity contribution in [2.75, 3.05) is 37.7 Å². The zero-order chi connectivity index (χ0) is 83.5. The number of aliphatic hydroxyl groups is 1. The van der Waals surface area contributed by atoms with E-state index in [-0.39, 0.29) is 139 Å². The molecule has 2 aliphatic heterocycles. The van der Waals surface area contributed by atoms with E-state index in [0.717, 1.165) is 11.8 Å². The quantitative estimate of drug-likeness (QED) is 0.0162. The highest BCUT2D eigenvalue weighted by Gasteiger charge is 2.43. The van der Waals surface area contributed by atoms with Crippen LogP contribution in [0.5, 0.6) is 11.5 Å². The van der Waals surface area contributed by atoms with Gasteiger partial charge in [-0.1, -0.05) is 31.0 Å². The lowest BCUT2D eigenvalue weighted by atomic mass is 9.88. The van der Waals surface area contributed by atoms with E-state index in [9.17, 15) is 97.1 Å².